The molecule has 3 nitrogen and oxygen atoms in total. The summed E-state index contributed by atoms with van der Waals surface area (Å²) < 4.78 is 2.22. The van der Waals surface area contributed by atoms with Crippen molar-refractivity contribution in [2.45, 2.75) is 19.5 Å². The first kappa shape index (κ1) is 8.68. The third kappa shape index (κ3) is 1.20. The Labute approximate surface area is 88.6 Å². The molecule has 0 saturated carbocycles. The first-order chi connectivity index (χ1) is 7.40. The molecule has 3 rings (SSSR count). The topological polar surface area (TPSA) is 43.8 Å². The van der Waals surface area contributed by atoms with Crippen molar-refractivity contribution in [3.63, 3.8) is 0 Å². The standard InChI is InChI=1S/C12H13N3/c13-7-12-14-8-11-10-4-2-1-3-9(10)5-6-15(11)12/h1-4,8H,5-7,13H2. The van der Waals surface area contributed by atoms with Gasteiger partial charge in [-0.15, -0.1) is 0 Å². The van der Waals surface area contributed by atoms with Gasteiger partial charge in [0.2, 0.25) is 0 Å². The SMILES string of the molecule is NCc1ncc2n1CCc1ccccc1-2. The highest BCUT2D eigenvalue weighted by atomic mass is 15.1. The van der Waals surface area contributed by atoms with E-state index < -0.39 is 0 Å². The molecular formula is C12H13N3. The summed E-state index contributed by atoms with van der Waals surface area (Å²) in [5, 5.41) is 0. The lowest BCUT2D eigenvalue weighted by molar-refractivity contribution is 0.643. The van der Waals surface area contributed by atoms with Crippen LogP contribution in [0.3, 0.4) is 0 Å². The molecule has 0 spiro atoms. The van der Waals surface area contributed by atoms with Crippen LogP contribution < -0.4 is 5.73 Å². The van der Waals surface area contributed by atoms with Gasteiger partial charge in [0, 0.05) is 12.1 Å². The van der Waals surface area contributed by atoms with E-state index >= 15 is 0 Å². The number of nitrogens with zero attached hydrogens (tertiary/aromatic N) is 2. The van der Waals surface area contributed by atoms with Gasteiger partial charge in [-0.1, -0.05) is 24.3 Å². The fourth-order valence-electron chi connectivity index (χ4n) is 2.26. The minimum atomic E-state index is 0.516. The van der Waals surface area contributed by atoms with E-state index in [-0.39, 0.29) is 0 Å². The summed E-state index contributed by atoms with van der Waals surface area (Å²) in [6, 6.07) is 8.51. The van der Waals surface area contributed by atoms with Gasteiger partial charge in [-0.3, -0.25) is 0 Å². The molecule has 0 fully saturated rings. The highest BCUT2D eigenvalue weighted by Crippen LogP contribution is 2.29. The molecule has 76 valence electrons. The number of aromatic nitrogens is 2. The fraction of sp³-hybridized carbons (Fsp3) is 0.250. The molecule has 2 heterocycles. The van der Waals surface area contributed by atoms with Crippen LogP contribution in [0.15, 0.2) is 30.5 Å². The van der Waals surface area contributed by atoms with Gasteiger partial charge >= 0.3 is 0 Å². The van der Waals surface area contributed by atoms with Crippen molar-refractivity contribution >= 4 is 0 Å². The minimum Gasteiger partial charge on any atom is -0.327 e. The van der Waals surface area contributed by atoms with E-state index in [0.29, 0.717) is 6.54 Å². The highest BCUT2D eigenvalue weighted by Gasteiger charge is 2.17. The zero-order valence-corrected chi connectivity index (χ0v) is 8.48. The second kappa shape index (κ2) is 3.21. The van der Waals surface area contributed by atoms with Crippen LogP contribution in [0.25, 0.3) is 11.3 Å². The lowest BCUT2D eigenvalue weighted by Crippen LogP contribution is -2.15. The molecule has 0 aliphatic carbocycles. The van der Waals surface area contributed by atoms with Gasteiger partial charge in [-0.25, -0.2) is 4.98 Å². The number of fused-ring (bicyclic) bond motifs is 3. The van der Waals surface area contributed by atoms with Crippen LogP contribution >= 0.6 is 0 Å². The van der Waals surface area contributed by atoms with Crippen LogP contribution in [0, 0.1) is 0 Å². The van der Waals surface area contributed by atoms with Crippen molar-refractivity contribution in [1.29, 1.82) is 0 Å². The van der Waals surface area contributed by atoms with Crippen LogP contribution in [-0.4, -0.2) is 9.55 Å². The van der Waals surface area contributed by atoms with Crippen molar-refractivity contribution in [2.75, 3.05) is 0 Å². The Morgan fingerprint density at radius 3 is 3.07 bits per heavy atom. The summed E-state index contributed by atoms with van der Waals surface area (Å²) in [4.78, 5) is 4.35. The lowest BCUT2D eigenvalue weighted by Gasteiger charge is -2.19. The maximum Gasteiger partial charge on any atom is 0.122 e. The number of nitrogens with two attached hydrogens (primary N) is 1. The Morgan fingerprint density at radius 2 is 2.20 bits per heavy atom. The first-order valence-electron chi connectivity index (χ1n) is 5.23. The molecule has 0 radical (unpaired) electrons. The van der Waals surface area contributed by atoms with Crippen LogP contribution in [0.2, 0.25) is 0 Å². The van der Waals surface area contributed by atoms with Crippen molar-refractivity contribution in [3.05, 3.63) is 41.9 Å². The van der Waals surface area contributed by atoms with Crippen molar-refractivity contribution in [1.82, 2.24) is 9.55 Å². The molecule has 0 bridgehead atoms. The number of hydrogen-bond donors (Lipinski definition) is 1. The number of hydrogen-bond acceptors (Lipinski definition) is 2. The Balaban J connectivity index is 2.22. The minimum absolute atomic E-state index is 0.516. The van der Waals surface area contributed by atoms with Crippen LogP contribution in [0.4, 0.5) is 0 Å². The normalized spacial score (nSPS) is 13.4. The maximum atomic E-state index is 5.65. The zero-order valence-electron chi connectivity index (χ0n) is 8.48. The smallest absolute Gasteiger partial charge is 0.122 e. The van der Waals surface area contributed by atoms with Gasteiger partial charge in [0.15, 0.2) is 0 Å². The molecule has 0 amide bonds. The second-order valence-corrected chi connectivity index (χ2v) is 3.82. The Hall–Kier alpha value is -1.61. The molecule has 2 N–H and O–H groups in total. The van der Waals surface area contributed by atoms with Crippen LogP contribution in [0.1, 0.15) is 11.4 Å². The number of aryl methyl sites for hydroxylation is 1. The fourth-order valence-corrected chi connectivity index (χ4v) is 2.26. The van der Waals surface area contributed by atoms with E-state index in [1.165, 1.54) is 16.8 Å². The quantitative estimate of drug-likeness (QED) is 0.757. The van der Waals surface area contributed by atoms with Gasteiger partial charge in [-0.05, 0) is 12.0 Å². The van der Waals surface area contributed by atoms with Gasteiger partial charge < -0.3 is 10.3 Å². The first-order valence-corrected chi connectivity index (χ1v) is 5.23. The van der Waals surface area contributed by atoms with Crippen molar-refractivity contribution < 1.29 is 0 Å². The van der Waals surface area contributed by atoms with Crippen molar-refractivity contribution in [2.24, 2.45) is 5.73 Å². The average Bonchev–Trinajstić information content (AvgIpc) is 2.72. The third-order valence-corrected chi connectivity index (χ3v) is 3.02. The van der Waals surface area contributed by atoms with Gasteiger partial charge in [0.05, 0.1) is 18.4 Å². The van der Waals surface area contributed by atoms with Gasteiger partial charge in [0.25, 0.3) is 0 Å². The summed E-state index contributed by atoms with van der Waals surface area (Å²) in [6.45, 7) is 1.51. The molecular weight excluding hydrogens is 186 g/mol. The highest BCUT2D eigenvalue weighted by molar-refractivity contribution is 5.65. The Morgan fingerprint density at radius 1 is 1.33 bits per heavy atom. The van der Waals surface area contributed by atoms with Crippen LogP contribution in [0.5, 0.6) is 0 Å². The summed E-state index contributed by atoms with van der Waals surface area (Å²) in [7, 11) is 0. The summed E-state index contributed by atoms with van der Waals surface area (Å²) >= 11 is 0. The molecule has 15 heavy (non-hydrogen) atoms. The summed E-state index contributed by atoms with van der Waals surface area (Å²) in [6.07, 6.45) is 3.01. The molecule has 1 aromatic carbocycles. The largest absolute Gasteiger partial charge is 0.327 e. The van der Waals surface area contributed by atoms with E-state index in [1.807, 2.05) is 6.20 Å². The molecule has 0 unspecified atom stereocenters. The van der Waals surface area contributed by atoms with E-state index in [1.54, 1.807) is 0 Å². The van der Waals surface area contributed by atoms with Gasteiger partial charge in [0.1, 0.15) is 5.82 Å². The summed E-state index contributed by atoms with van der Waals surface area (Å²) in [5.41, 5.74) is 9.57. The molecule has 0 saturated heterocycles. The molecule has 1 aliphatic rings. The summed E-state index contributed by atoms with van der Waals surface area (Å²) in [5.74, 6) is 0.986. The average molecular weight is 199 g/mol. The predicted octanol–water partition coefficient (Wildman–Crippen LogP) is 1.56. The molecule has 3 heteroatoms. The van der Waals surface area contributed by atoms with E-state index in [2.05, 4.69) is 33.8 Å². The van der Waals surface area contributed by atoms with E-state index in [4.69, 9.17) is 5.73 Å². The van der Waals surface area contributed by atoms with E-state index in [0.717, 1.165) is 18.8 Å². The van der Waals surface area contributed by atoms with Gasteiger partial charge in [-0.2, -0.15) is 0 Å². The second-order valence-electron chi connectivity index (χ2n) is 3.82. The number of rotatable bonds is 1. The monoisotopic (exact) mass is 199 g/mol. The maximum absolute atomic E-state index is 5.65. The molecule has 0 atom stereocenters. The number of imidazole rings is 1. The Kier molecular flexibility index (Phi) is 1.86. The third-order valence-electron chi connectivity index (χ3n) is 3.02. The molecule has 1 aliphatic heterocycles. The lowest BCUT2D eigenvalue weighted by atomic mass is 9.99. The van der Waals surface area contributed by atoms with Crippen LogP contribution in [-0.2, 0) is 19.5 Å². The number of benzene rings is 1. The van der Waals surface area contributed by atoms with E-state index in [9.17, 15) is 0 Å². The van der Waals surface area contributed by atoms with Crippen molar-refractivity contribution in [3.8, 4) is 11.3 Å². The molecule has 2 aromatic rings. The predicted molar refractivity (Wildman–Crippen MR) is 59.3 cm³/mol. The molecule has 1 aromatic heterocycles. The Bertz CT molecular complexity index is 499. The zero-order chi connectivity index (χ0) is 10.3.